The monoisotopic (exact) mass is 311 g/mol. The maximum absolute atomic E-state index is 13.0. The number of nitrogens with one attached hydrogen (secondary N) is 1. The Labute approximate surface area is 127 Å². The lowest BCUT2D eigenvalue weighted by molar-refractivity contribution is 0.106. The van der Waals surface area contributed by atoms with Crippen molar-refractivity contribution in [2.24, 2.45) is 7.05 Å². The van der Waals surface area contributed by atoms with E-state index in [9.17, 15) is 13.9 Å². The summed E-state index contributed by atoms with van der Waals surface area (Å²) in [6.07, 6.45) is 1.15. The number of halogens is 2. The second-order valence-corrected chi connectivity index (χ2v) is 5.09. The van der Waals surface area contributed by atoms with E-state index in [1.165, 1.54) is 6.07 Å². The molecule has 0 radical (unpaired) electrons. The maximum atomic E-state index is 13.0. The second kappa shape index (κ2) is 7.33. The summed E-state index contributed by atoms with van der Waals surface area (Å²) in [5.74, 6) is -1.72. The molecule has 1 heterocycles. The zero-order chi connectivity index (χ0) is 16.1. The highest BCUT2D eigenvalue weighted by Gasteiger charge is 2.08. The molecule has 1 atom stereocenters. The van der Waals surface area contributed by atoms with Gasteiger partial charge >= 0.3 is 0 Å². The summed E-state index contributed by atoms with van der Waals surface area (Å²) in [6, 6.07) is 3.26. The lowest BCUT2D eigenvalue weighted by Gasteiger charge is -2.13. The lowest BCUT2D eigenvalue weighted by atomic mass is 10.2. The molecule has 0 aliphatic carbocycles. The van der Waals surface area contributed by atoms with Crippen molar-refractivity contribution < 1.29 is 18.6 Å². The first-order valence-electron chi connectivity index (χ1n) is 6.91. The highest BCUT2D eigenvalue weighted by atomic mass is 19.2. The van der Waals surface area contributed by atoms with Crippen LogP contribution in [-0.4, -0.2) is 34.1 Å². The van der Waals surface area contributed by atoms with Crippen molar-refractivity contribution in [2.45, 2.75) is 19.6 Å². The maximum Gasteiger partial charge on any atom is 0.162 e. The Balaban J connectivity index is 1.72. The molecule has 0 saturated heterocycles. The molecule has 0 fully saturated rings. The molecule has 2 rings (SSSR count). The van der Waals surface area contributed by atoms with Gasteiger partial charge in [-0.05, 0) is 19.1 Å². The fourth-order valence-electron chi connectivity index (χ4n) is 2.01. The summed E-state index contributed by atoms with van der Waals surface area (Å²) >= 11 is 0. The highest BCUT2D eigenvalue weighted by molar-refractivity contribution is 5.23. The predicted molar refractivity (Wildman–Crippen MR) is 77.5 cm³/mol. The lowest BCUT2D eigenvalue weighted by Crippen LogP contribution is -2.31. The van der Waals surface area contributed by atoms with E-state index in [1.54, 1.807) is 4.68 Å². The molecule has 0 amide bonds. The van der Waals surface area contributed by atoms with Crippen LogP contribution in [0, 0.1) is 18.6 Å². The molecule has 22 heavy (non-hydrogen) atoms. The van der Waals surface area contributed by atoms with Gasteiger partial charge in [0.25, 0.3) is 0 Å². The third-order valence-electron chi connectivity index (χ3n) is 3.14. The third-order valence-corrected chi connectivity index (χ3v) is 3.14. The Kier molecular flexibility index (Phi) is 5.46. The van der Waals surface area contributed by atoms with Crippen LogP contribution in [0.4, 0.5) is 8.78 Å². The number of aliphatic hydroxyl groups excluding tert-OH is 1. The number of aryl methyl sites for hydroxylation is 2. The molecular weight excluding hydrogens is 292 g/mol. The minimum atomic E-state index is -0.975. The SMILES string of the molecule is Cc1nn(C)cc1CNCC(O)COc1ccc(F)c(F)c1. The number of aliphatic hydroxyl groups is 1. The summed E-state index contributed by atoms with van der Waals surface area (Å²) < 4.78 is 32.7. The molecule has 0 saturated carbocycles. The van der Waals surface area contributed by atoms with Gasteiger partial charge in [0.1, 0.15) is 18.5 Å². The Morgan fingerprint density at radius 3 is 2.77 bits per heavy atom. The minimum absolute atomic E-state index is 0.00983. The van der Waals surface area contributed by atoms with E-state index >= 15 is 0 Å². The Bertz CT molecular complexity index is 631. The van der Waals surface area contributed by atoms with Gasteiger partial charge in [-0.2, -0.15) is 5.10 Å². The van der Waals surface area contributed by atoms with E-state index in [0.717, 1.165) is 23.4 Å². The van der Waals surface area contributed by atoms with Crippen LogP contribution in [0.15, 0.2) is 24.4 Å². The molecule has 2 N–H and O–H groups in total. The van der Waals surface area contributed by atoms with Crippen molar-refractivity contribution in [3.05, 3.63) is 47.3 Å². The summed E-state index contributed by atoms with van der Waals surface area (Å²) in [5.41, 5.74) is 1.98. The second-order valence-electron chi connectivity index (χ2n) is 5.09. The topological polar surface area (TPSA) is 59.3 Å². The number of hydrogen-bond acceptors (Lipinski definition) is 4. The van der Waals surface area contributed by atoms with Gasteiger partial charge in [0.2, 0.25) is 0 Å². The van der Waals surface area contributed by atoms with Gasteiger partial charge in [-0.25, -0.2) is 8.78 Å². The fraction of sp³-hybridized carbons (Fsp3) is 0.400. The first kappa shape index (κ1) is 16.4. The zero-order valence-corrected chi connectivity index (χ0v) is 12.5. The number of nitrogens with zero attached hydrogens (tertiary/aromatic N) is 2. The number of rotatable bonds is 7. The Morgan fingerprint density at radius 2 is 2.14 bits per heavy atom. The minimum Gasteiger partial charge on any atom is -0.491 e. The Hall–Kier alpha value is -1.99. The van der Waals surface area contributed by atoms with E-state index in [1.807, 2.05) is 20.2 Å². The van der Waals surface area contributed by atoms with Crippen LogP contribution in [0.25, 0.3) is 0 Å². The molecule has 0 spiro atoms. The van der Waals surface area contributed by atoms with E-state index in [2.05, 4.69) is 10.4 Å². The predicted octanol–water partition coefficient (Wildman–Crippen LogP) is 1.54. The normalized spacial score (nSPS) is 12.4. The van der Waals surface area contributed by atoms with Crippen molar-refractivity contribution >= 4 is 0 Å². The summed E-state index contributed by atoms with van der Waals surface area (Å²) in [6.45, 7) is 2.81. The van der Waals surface area contributed by atoms with Gasteiger partial charge in [-0.3, -0.25) is 4.68 Å². The van der Waals surface area contributed by atoms with Gasteiger partial charge in [-0.15, -0.1) is 0 Å². The van der Waals surface area contributed by atoms with Crippen molar-refractivity contribution in [1.82, 2.24) is 15.1 Å². The van der Waals surface area contributed by atoms with Crippen LogP contribution in [0.3, 0.4) is 0 Å². The molecule has 0 aliphatic heterocycles. The van der Waals surface area contributed by atoms with Gasteiger partial charge in [0, 0.05) is 38.0 Å². The van der Waals surface area contributed by atoms with Crippen LogP contribution in [0.5, 0.6) is 5.75 Å². The average Bonchev–Trinajstić information content (AvgIpc) is 2.78. The molecule has 1 aromatic heterocycles. The molecule has 1 unspecified atom stereocenters. The van der Waals surface area contributed by atoms with Gasteiger partial charge < -0.3 is 15.2 Å². The first-order valence-corrected chi connectivity index (χ1v) is 6.91. The number of aromatic nitrogens is 2. The number of benzene rings is 1. The van der Waals surface area contributed by atoms with Gasteiger partial charge in [-0.1, -0.05) is 0 Å². The van der Waals surface area contributed by atoms with E-state index < -0.39 is 17.7 Å². The summed E-state index contributed by atoms with van der Waals surface area (Å²) in [7, 11) is 1.85. The molecule has 120 valence electrons. The summed E-state index contributed by atoms with van der Waals surface area (Å²) in [5, 5.41) is 17.1. The van der Waals surface area contributed by atoms with Crippen molar-refractivity contribution in [3.8, 4) is 5.75 Å². The number of ether oxygens (including phenoxy) is 1. The molecular formula is C15H19F2N3O2. The van der Waals surface area contributed by atoms with Crippen LogP contribution >= 0.6 is 0 Å². The van der Waals surface area contributed by atoms with Crippen molar-refractivity contribution in [2.75, 3.05) is 13.2 Å². The number of hydrogen-bond donors (Lipinski definition) is 2. The summed E-state index contributed by atoms with van der Waals surface area (Å²) in [4.78, 5) is 0. The zero-order valence-electron chi connectivity index (χ0n) is 12.5. The largest absolute Gasteiger partial charge is 0.491 e. The smallest absolute Gasteiger partial charge is 0.162 e. The highest BCUT2D eigenvalue weighted by Crippen LogP contribution is 2.15. The molecule has 7 heteroatoms. The quantitative estimate of drug-likeness (QED) is 0.814. The molecule has 1 aromatic carbocycles. The van der Waals surface area contributed by atoms with Crippen LogP contribution in [0.2, 0.25) is 0 Å². The van der Waals surface area contributed by atoms with Crippen molar-refractivity contribution in [3.63, 3.8) is 0 Å². The molecule has 5 nitrogen and oxygen atoms in total. The van der Waals surface area contributed by atoms with Crippen LogP contribution in [-0.2, 0) is 13.6 Å². The molecule has 2 aromatic rings. The van der Waals surface area contributed by atoms with E-state index in [0.29, 0.717) is 13.1 Å². The van der Waals surface area contributed by atoms with Crippen LogP contribution in [0.1, 0.15) is 11.3 Å². The van der Waals surface area contributed by atoms with E-state index in [-0.39, 0.29) is 12.4 Å². The average molecular weight is 311 g/mol. The molecule has 0 bridgehead atoms. The van der Waals surface area contributed by atoms with Gasteiger partial charge in [0.15, 0.2) is 11.6 Å². The van der Waals surface area contributed by atoms with Crippen molar-refractivity contribution in [1.29, 1.82) is 0 Å². The molecule has 0 aliphatic rings. The van der Waals surface area contributed by atoms with Crippen LogP contribution < -0.4 is 10.1 Å². The third kappa shape index (κ3) is 4.51. The Morgan fingerprint density at radius 1 is 1.36 bits per heavy atom. The standard InChI is InChI=1S/C15H19F2N3O2/c1-10-11(8-20(2)19-10)6-18-7-12(21)9-22-13-3-4-14(16)15(17)5-13/h3-5,8,12,18,21H,6-7,9H2,1-2H3. The fourth-order valence-corrected chi connectivity index (χ4v) is 2.01. The van der Waals surface area contributed by atoms with Gasteiger partial charge in [0.05, 0.1) is 5.69 Å². The first-order chi connectivity index (χ1) is 10.5. The van der Waals surface area contributed by atoms with E-state index in [4.69, 9.17) is 4.74 Å².